The summed E-state index contributed by atoms with van der Waals surface area (Å²) in [5.74, 6) is 0. The van der Waals surface area contributed by atoms with E-state index in [4.69, 9.17) is 0 Å². The highest BCUT2D eigenvalue weighted by atomic mass is 32.1. The molecule has 0 atom stereocenters. The topological polar surface area (TPSA) is 4.10 Å². The van der Waals surface area contributed by atoms with Crippen molar-refractivity contribution < 1.29 is 4.40 Å². The van der Waals surface area contributed by atoms with Gasteiger partial charge in [0.25, 0.3) is 0 Å². The Bertz CT molecular complexity index is 584. The fraction of sp³-hybridized carbons (Fsp3) is 0. The summed E-state index contributed by atoms with van der Waals surface area (Å²) < 4.78 is 2.15. The van der Waals surface area contributed by atoms with Gasteiger partial charge in [-0.05, 0) is 23.6 Å². The van der Waals surface area contributed by atoms with Crippen LogP contribution in [0.5, 0.6) is 0 Å². The quantitative estimate of drug-likeness (QED) is 0.546. The number of fused-ring (bicyclic) bond motifs is 1. The molecular weight excluding hydrogens is 202 g/mol. The van der Waals surface area contributed by atoms with E-state index in [-0.39, 0.29) is 0 Å². The molecule has 0 fully saturated rings. The van der Waals surface area contributed by atoms with Crippen molar-refractivity contribution in [1.29, 1.82) is 0 Å². The first kappa shape index (κ1) is 8.62. The predicted octanol–water partition coefficient (Wildman–Crippen LogP) is 3.15. The Labute approximate surface area is 92.3 Å². The van der Waals surface area contributed by atoms with Gasteiger partial charge < -0.3 is 0 Å². The van der Waals surface area contributed by atoms with Gasteiger partial charge >= 0.3 is 0 Å². The second-order valence-corrected chi connectivity index (χ2v) is 4.38. The van der Waals surface area contributed by atoms with Crippen molar-refractivity contribution in [3.63, 3.8) is 0 Å². The maximum Gasteiger partial charge on any atom is 0.210 e. The second kappa shape index (κ2) is 3.48. The van der Waals surface area contributed by atoms with Gasteiger partial charge in [-0.1, -0.05) is 6.07 Å². The number of thiophene rings is 1. The summed E-state index contributed by atoms with van der Waals surface area (Å²) in [6, 6.07) is 14.8. The Hall–Kier alpha value is -1.67. The molecule has 15 heavy (non-hydrogen) atoms. The van der Waals surface area contributed by atoms with Crippen LogP contribution in [0.25, 0.3) is 16.0 Å². The molecular formula is C13H10NS+. The van der Waals surface area contributed by atoms with Crippen LogP contribution in [0.4, 0.5) is 0 Å². The van der Waals surface area contributed by atoms with Gasteiger partial charge in [-0.2, -0.15) is 4.40 Å². The van der Waals surface area contributed by atoms with Gasteiger partial charge in [0, 0.05) is 23.1 Å². The summed E-state index contributed by atoms with van der Waals surface area (Å²) >= 11 is 1.77. The lowest BCUT2D eigenvalue weighted by Crippen LogP contribution is -2.19. The third-order valence-corrected chi connectivity index (χ3v) is 3.36. The number of rotatable bonds is 1. The van der Waals surface area contributed by atoms with Crippen molar-refractivity contribution in [3.05, 3.63) is 60.2 Å². The molecule has 0 aliphatic carbocycles. The molecule has 0 saturated carbocycles. The minimum Gasteiger partial charge on any atom is -0.167 e. The Morgan fingerprint density at radius 2 is 1.93 bits per heavy atom. The summed E-state index contributed by atoms with van der Waals surface area (Å²) in [6.45, 7) is 0. The number of aromatic nitrogens is 1. The van der Waals surface area contributed by atoms with Crippen LogP contribution >= 0.6 is 11.3 Å². The van der Waals surface area contributed by atoms with E-state index in [9.17, 15) is 0 Å². The molecule has 1 nitrogen and oxygen atoms in total. The standard InChI is InChI=1S/C13H10NS/c1-2-8-14-10-11(6-7-12(14)4-1)13-5-3-9-15-13/h1-10H/q+1. The van der Waals surface area contributed by atoms with Gasteiger partial charge in [0.05, 0.1) is 5.56 Å². The smallest absolute Gasteiger partial charge is 0.167 e. The Morgan fingerprint density at radius 1 is 0.933 bits per heavy atom. The first-order valence-electron chi connectivity index (χ1n) is 4.87. The summed E-state index contributed by atoms with van der Waals surface area (Å²) in [5.41, 5.74) is 2.49. The molecule has 3 rings (SSSR count). The Balaban J connectivity index is 2.22. The van der Waals surface area contributed by atoms with E-state index in [0.717, 1.165) is 0 Å². The highest BCUT2D eigenvalue weighted by Crippen LogP contribution is 2.23. The van der Waals surface area contributed by atoms with Gasteiger partial charge in [-0.15, -0.1) is 11.3 Å². The molecule has 0 unspecified atom stereocenters. The maximum atomic E-state index is 2.17. The third kappa shape index (κ3) is 1.53. The van der Waals surface area contributed by atoms with Crippen molar-refractivity contribution >= 4 is 16.9 Å². The number of pyridine rings is 2. The number of hydrogen-bond acceptors (Lipinski definition) is 1. The maximum absolute atomic E-state index is 2.17. The average molecular weight is 212 g/mol. The SMILES string of the molecule is c1csc(-c2ccc3cccc[n+]3c2)c1. The lowest BCUT2D eigenvalue weighted by Gasteiger charge is -1.94. The predicted molar refractivity (Wildman–Crippen MR) is 62.9 cm³/mol. The number of hydrogen-bond donors (Lipinski definition) is 0. The van der Waals surface area contributed by atoms with Crippen LogP contribution in [0.3, 0.4) is 0 Å². The molecule has 2 heteroatoms. The fourth-order valence-corrected chi connectivity index (χ4v) is 2.40. The first-order valence-corrected chi connectivity index (χ1v) is 5.75. The van der Waals surface area contributed by atoms with Crippen molar-refractivity contribution in [2.75, 3.05) is 0 Å². The van der Waals surface area contributed by atoms with Crippen LogP contribution in [0.15, 0.2) is 60.2 Å². The zero-order valence-electron chi connectivity index (χ0n) is 8.13. The minimum atomic E-state index is 1.22. The van der Waals surface area contributed by atoms with E-state index >= 15 is 0 Å². The molecule has 0 spiro atoms. The minimum absolute atomic E-state index is 1.22. The van der Waals surface area contributed by atoms with Crippen molar-refractivity contribution in [2.24, 2.45) is 0 Å². The lowest BCUT2D eigenvalue weighted by molar-refractivity contribution is -0.511. The third-order valence-electron chi connectivity index (χ3n) is 2.44. The van der Waals surface area contributed by atoms with Gasteiger partial charge in [-0.25, -0.2) is 0 Å². The summed E-state index contributed by atoms with van der Waals surface area (Å²) in [4.78, 5) is 1.31. The molecule has 0 aliphatic rings. The van der Waals surface area contributed by atoms with Crippen LogP contribution in [0.1, 0.15) is 0 Å². The monoisotopic (exact) mass is 212 g/mol. The highest BCUT2D eigenvalue weighted by molar-refractivity contribution is 7.13. The molecule has 3 aromatic heterocycles. The van der Waals surface area contributed by atoms with Crippen LogP contribution in [-0.4, -0.2) is 0 Å². The molecule has 0 radical (unpaired) electrons. The molecule has 0 aromatic carbocycles. The Morgan fingerprint density at radius 3 is 2.80 bits per heavy atom. The number of nitrogens with zero attached hydrogens (tertiary/aromatic N) is 1. The molecule has 72 valence electrons. The molecule has 0 amide bonds. The average Bonchev–Trinajstić information content (AvgIpc) is 2.82. The van der Waals surface area contributed by atoms with Gasteiger partial charge in [0.2, 0.25) is 5.52 Å². The van der Waals surface area contributed by atoms with Gasteiger partial charge in [0.15, 0.2) is 12.4 Å². The zero-order chi connectivity index (χ0) is 10.1. The molecule has 3 heterocycles. The van der Waals surface area contributed by atoms with Crippen molar-refractivity contribution in [3.8, 4) is 10.4 Å². The molecule has 0 saturated heterocycles. The summed E-state index contributed by atoms with van der Waals surface area (Å²) in [6.07, 6.45) is 4.24. The van der Waals surface area contributed by atoms with Crippen molar-refractivity contribution in [2.45, 2.75) is 0 Å². The summed E-state index contributed by atoms with van der Waals surface area (Å²) in [7, 11) is 0. The van der Waals surface area contributed by atoms with Gasteiger partial charge in [0.1, 0.15) is 0 Å². The van der Waals surface area contributed by atoms with Crippen LogP contribution in [0, 0.1) is 0 Å². The van der Waals surface area contributed by atoms with Crippen molar-refractivity contribution in [1.82, 2.24) is 0 Å². The van der Waals surface area contributed by atoms with E-state index < -0.39 is 0 Å². The second-order valence-electron chi connectivity index (χ2n) is 3.43. The van der Waals surface area contributed by atoms with Crippen LogP contribution < -0.4 is 4.40 Å². The van der Waals surface area contributed by atoms with Crippen LogP contribution in [-0.2, 0) is 0 Å². The normalized spacial score (nSPS) is 10.7. The van der Waals surface area contributed by atoms with Crippen LogP contribution in [0.2, 0.25) is 0 Å². The fourth-order valence-electron chi connectivity index (χ4n) is 1.68. The highest BCUT2D eigenvalue weighted by Gasteiger charge is 2.05. The zero-order valence-corrected chi connectivity index (χ0v) is 8.95. The van der Waals surface area contributed by atoms with E-state index in [0.29, 0.717) is 0 Å². The first-order chi connectivity index (χ1) is 7.43. The van der Waals surface area contributed by atoms with E-state index in [1.807, 2.05) is 6.07 Å². The van der Waals surface area contributed by atoms with E-state index in [2.05, 4.69) is 58.6 Å². The Kier molecular flexibility index (Phi) is 2.00. The molecule has 0 aliphatic heterocycles. The molecule has 0 N–H and O–H groups in total. The summed E-state index contributed by atoms with van der Waals surface area (Å²) in [5, 5.41) is 2.11. The molecule has 0 bridgehead atoms. The van der Waals surface area contributed by atoms with E-state index in [1.54, 1.807) is 11.3 Å². The van der Waals surface area contributed by atoms with Gasteiger partial charge in [-0.3, -0.25) is 0 Å². The lowest BCUT2D eigenvalue weighted by atomic mass is 10.2. The van der Waals surface area contributed by atoms with E-state index in [1.165, 1.54) is 16.0 Å². The molecule has 3 aromatic rings. The largest absolute Gasteiger partial charge is 0.210 e.